The molecular formula is C12H12N4O2. The third kappa shape index (κ3) is 2.21. The molecule has 0 saturated carbocycles. The van der Waals surface area contributed by atoms with E-state index < -0.39 is 5.60 Å². The molecular weight excluding hydrogens is 232 g/mol. The second kappa shape index (κ2) is 4.55. The first-order valence-electron chi connectivity index (χ1n) is 5.32. The molecule has 0 spiro atoms. The van der Waals surface area contributed by atoms with E-state index in [9.17, 15) is 0 Å². The van der Waals surface area contributed by atoms with Crippen molar-refractivity contribution >= 4 is 0 Å². The first-order chi connectivity index (χ1) is 8.56. The lowest BCUT2D eigenvalue weighted by molar-refractivity contribution is 0.00973. The van der Waals surface area contributed by atoms with Crippen molar-refractivity contribution in [3.63, 3.8) is 0 Å². The van der Waals surface area contributed by atoms with Crippen molar-refractivity contribution in [2.75, 3.05) is 7.11 Å². The lowest BCUT2D eigenvalue weighted by Gasteiger charge is -2.17. The summed E-state index contributed by atoms with van der Waals surface area (Å²) in [6.07, 6.45) is 1.46. The van der Waals surface area contributed by atoms with Crippen molar-refractivity contribution in [3.05, 3.63) is 29.7 Å². The van der Waals surface area contributed by atoms with E-state index in [2.05, 4.69) is 15.1 Å². The Balaban J connectivity index is 2.32. The summed E-state index contributed by atoms with van der Waals surface area (Å²) in [6.45, 7) is 3.68. The average molecular weight is 244 g/mol. The molecule has 0 unspecified atom stereocenters. The van der Waals surface area contributed by atoms with Crippen molar-refractivity contribution < 1.29 is 9.26 Å². The van der Waals surface area contributed by atoms with Crippen LogP contribution in [0.2, 0.25) is 0 Å². The van der Waals surface area contributed by atoms with Crippen LogP contribution in [-0.2, 0) is 10.3 Å². The van der Waals surface area contributed by atoms with Gasteiger partial charge in [0.15, 0.2) is 0 Å². The number of methoxy groups -OCH3 is 1. The van der Waals surface area contributed by atoms with Gasteiger partial charge in [-0.1, -0.05) is 5.16 Å². The SMILES string of the molecule is COC(C)(C)c1noc(-c2ccc(C#N)cn2)n1. The summed E-state index contributed by atoms with van der Waals surface area (Å²) < 4.78 is 10.4. The molecule has 0 bridgehead atoms. The highest BCUT2D eigenvalue weighted by Gasteiger charge is 2.26. The molecule has 2 rings (SSSR count). The van der Waals surface area contributed by atoms with Gasteiger partial charge in [-0.2, -0.15) is 10.2 Å². The fraction of sp³-hybridized carbons (Fsp3) is 0.333. The van der Waals surface area contributed by atoms with Gasteiger partial charge in [0, 0.05) is 13.3 Å². The Morgan fingerprint density at radius 1 is 1.39 bits per heavy atom. The molecule has 0 aliphatic carbocycles. The fourth-order valence-electron chi connectivity index (χ4n) is 1.25. The monoisotopic (exact) mass is 244 g/mol. The highest BCUT2D eigenvalue weighted by Crippen LogP contribution is 2.23. The van der Waals surface area contributed by atoms with Crippen LogP contribution in [0, 0.1) is 11.3 Å². The number of ether oxygens (including phenoxy) is 1. The van der Waals surface area contributed by atoms with Crippen molar-refractivity contribution in [1.82, 2.24) is 15.1 Å². The van der Waals surface area contributed by atoms with Gasteiger partial charge in [-0.05, 0) is 26.0 Å². The Morgan fingerprint density at radius 2 is 2.17 bits per heavy atom. The van der Waals surface area contributed by atoms with Crippen molar-refractivity contribution in [3.8, 4) is 17.7 Å². The van der Waals surface area contributed by atoms with Gasteiger partial charge in [0.1, 0.15) is 17.4 Å². The summed E-state index contributed by atoms with van der Waals surface area (Å²) in [4.78, 5) is 8.31. The normalized spacial score (nSPS) is 11.2. The van der Waals surface area contributed by atoms with Crippen LogP contribution < -0.4 is 0 Å². The molecule has 0 N–H and O–H groups in total. The molecule has 0 amide bonds. The second-order valence-corrected chi connectivity index (χ2v) is 4.18. The van der Waals surface area contributed by atoms with Crippen molar-refractivity contribution in [2.24, 2.45) is 0 Å². The van der Waals surface area contributed by atoms with Crippen LogP contribution >= 0.6 is 0 Å². The van der Waals surface area contributed by atoms with Gasteiger partial charge < -0.3 is 9.26 Å². The molecule has 0 atom stereocenters. The van der Waals surface area contributed by atoms with E-state index in [1.807, 2.05) is 19.9 Å². The molecule has 6 nitrogen and oxygen atoms in total. The summed E-state index contributed by atoms with van der Waals surface area (Å²) in [7, 11) is 1.58. The number of aromatic nitrogens is 3. The third-order valence-electron chi connectivity index (χ3n) is 2.59. The molecule has 2 aromatic heterocycles. The molecule has 0 saturated heterocycles. The van der Waals surface area contributed by atoms with E-state index in [0.29, 0.717) is 23.0 Å². The Bertz CT molecular complexity index is 581. The van der Waals surface area contributed by atoms with Crippen LogP contribution in [0.4, 0.5) is 0 Å². The number of hydrogen-bond donors (Lipinski definition) is 0. The summed E-state index contributed by atoms with van der Waals surface area (Å²) in [6, 6.07) is 5.30. The molecule has 18 heavy (non-hydrogen) atoms. The number of pyridine rings is 1. The minimum atomic E-state index is -0.617. The minimum absolute atomic E-state index is 0.305. The Kier molecular flexibility index (Phi) is 3.08. The highest BCUT2D eigenvalue weighted by molar-refractivity contribution is 5.47. The van der Waals surface area contributed by atoms with Crippen LogP contribution in [0.1, 0.15) is 25.2 Å². The van der Waals surface area contributed by atoms with Gasteiger partial charge in [0.05, 0.1) is 5.56 Å². The Labute approximate surface area is 104 Å². The van der Waals surface area contributed by atoms with E-state index in [1.165, 1.54) is 6.20 Å². The molecule has 0 aliphatic heterocycles. The molecule has 0 aromatic carbocycles. The predicted molar refractivity (Wildman–Crippen MR) is 62.3 cm³/mol. The summed E-state index contributed by atoms with van der Waals surface area (Å²) in [5, 5.41) is 12.5. The van der Waals surface area contributed by atoms with Gasteiger partial charge in [-0.25, -0.2) is 4.98 Å². The zero-order valence-electron chi connectivity index (χ0n) is 10.3. The van der Waals surface area contributed by atoms with Gasteiger partial charge in [-0.3, -0.25) is 0 Å². The van der Waals surface area contributed by atoms with Gasteiger partial charge in [0.2, 0.25) is 5.82 Å². The minimum Gasteiger partial charge on any atom is -0.371 e. The average Bonchev–Trinajstić information content (AvgIpc) is 2.89. The van der Waals surface area contributed by atoms with Crippen molar-refractivity contribution in [2.45, 2.75) is 19.4 Å². The molecule has 2 heterocycles. The maximum absolute atomic E-state index is 8.68. The number of hydrogen-bond acceptors (Lipinski definition) is 6. The van der Waals surface area contributed by atoms with Gasteiger partial charge in [-0.15, -0.1) is 0 Å². The van der Waals surface area contributed by atoms with Gasteiger partial charge in [0.25, 0.3) is 5.89 Å². The molecule has 0 radical (unpaired) electrons. The largest absolute Gasteiger partial charge is 0.371 e. The van der Waals surface area contributed by atoms with Crippen LogP contribution in [0.5, 0.6) is 0 Å². The first kappa shape index (κ1) is 12.2. The summed E-state index contributed by atoms with van der Waals surface area (Å²) in [5.41, 5.74) is 0.393. The van der Waals surface area contributed by atoms with E-state index in [1.54, 1.807) is 19.2 Å². The molecule has 0 fully saturated rings. The van der Waals surface area contributed by atoms with Gasteiger partial charge >= 0.3 is 0 Å². The predicted octanol–water partition coefficient (Wildman–Crippen LogP) is 1.88. The van der Waals surface area contributed by atoms with Crippen LogP contribution in [0.15, 0.2) is 22.9 Å². The molecule has 0 aliphatic rings. The molecule has 2 aromatic rings. The van der Waals surface area contributed by atoms with Crippen molar-refractivity contribution in [1.29, 1.82) is 5.26 Å². The molecule has 92 valence electrons. The quantitative estimate of drug-likeness (QED) is 0.819. The van der Waals surface area contributed by atoms with E-state index >= 15 is 0 Å². The number of rotatable bonds is 3. The zero-order valence-corrected chi connectivity index (χ0v) is 10.3. The smallest absolute Gasteiger partial charge is 0.276 e. The first-order valence-corrected chi connectivity index (χ1v) is 5.32. The maximum atomic E-state index is 8.68. The fourth-order valence-corrected chi connectivity index (χ4v) is 1.25. The van der Waals surface area contributed by atoms with Crippen LogP contribution in [-0.4, -0.2) is 22.2 Å². The van der Waals surface area contributed by atoms with Crippen LogP contribution in [0.25, 0.3) is 11.6 Å². The lowest BCUT2D eigenvalue weighted by Crippen LogP contribution is -2.21. The lowest BCUT2D eigenvalue weighted by atomic mass is 10.1. The standard InChI is InChI=1S/C12H12N4O2/c1-12(2,17-3)11-15-10(18-16-11)9-5-4-8(6-13)7-14-9/h4-5,7H,1-3H3. The van der Waals surface area contributed by atoms with E-state index in [-0.39, 0.29) is 0 Å². The van der Waals surface area contributed by atoms with E-state index in [4.69, 9.17) is 14.5 Å². The van der Waals surface area contributed by atoms with E-state index in [0.717, 1.165) is 0 Å². The highest BCUT2D eigenvalue weighted by atomic mass is 16.5. The number of nitrogens with zero attached hydrogens (tertiary/aromatic N) is 4. The Hall–Kier alpha value is -2.26. The zero-order chi connectivity index (χ0) is 13.2. The number of nitriles is 1. The maximum Gasteiger partial charge on any atom is 0.276 e. The third-order valence-corrected chi connectivity index (χ3v) is 2.59. The topological polar surface area (TPSA) is 84.8 Å². The summed E-state index contributed by atoms with van der Waals surface area (Å²) >= 11 is 0. The Morgan fingerprint density at radius 3 is 2.72 bits per heavy atom. The molecule has 6 heteroatoms. The van der Waals surface area contributed by atoms with Crippen LogP contribution in [0.3, 0.4) is 0 Å². The second-order valence-electron chi connectivity index (χ2n) is 4.18. The summed E-state index contributed by atoms with van der Waals surface area (Å²) in [5.74, 6) is 0.755.